The molecule has 0 saturated carbocycles. The number of halogens is 1. The quantitative estimate of drug-likeness (QED) is 0.789. The van der Waals surface area contributed by atoms with Crippen molar-refractivity contribution in [2.75, 3.05) is 11.9 Å². The van der Waals surface area contributed by atoms with E-state index in [-0.39, 0.29) is 5.82 Å². The molecule has 1 N–H and O–H groups in total. The van der Waals surface area contributed by atoms with Crippen molar-refractivity contribution in [3.8, 4) is 0 Å². The lowest BCUT2D eigenvalue weighted by Gasteiger charge is -2.13. The summed E-state index contributed by atoms with van der Waals surface area (Å²) in [7, 11) is 1.96. The van der Waals surface area contributed by atoms with E-state index in [4.69, 9.17) is 0 Å². The topological polar surface area (TPSA) is 44.8 Å². The van der Waals surface area contributed by atoms with Gasteiger partial charge >= 0.3 is 0 Å². The predicted octanol–water partition coefficient (Wildman–Crippen LogP) is 2.79. The van der Waals surface area contributed by atoms with Gasteiger partial charge in [0.05, 0.1) is 16.4 Å². The standard InChI is InChI=1S/C12H11FN4S/c1-17(7-8-5-14-15-6-8)12-16-10-3-2-9(13)4-11(10)18-12/h2-6H,7H2,1H3,(H,14,15). The van der Waals surface area contributed by atoms with Crippen molar-refractivity contribution < 1.29 is 4.39 Å². The van der Waals surface area contributed by atoms with Crippen LogP contribution >= 0.6 is 11.3 Å². The Labute approximate surface area is 107 Å². The Balaban J connectivity index is 1.89. The Morgan fingerprint density at radius 2 is 2.33 bits per heavy atom. The minimum atomic E-state index is -0.227. The van der Waals surface area contributed by atoms with Gasteiger partial charge in [-0.15, -0.1) is 0 Å². The van der Waals surface area contributed by atoms with Gasteiger partial charge < -0.3 is 4.90 Å². The number of hydrogen-bond acceptors (Lipinski definition) is 4. The van der Waals surface area contributed by atoms with Gasteiger partial charge in [0.1, 0.15) is 5.82 Å². The normalized spacial score (nSPS) is 11.0. The number of nitrogens with zero attached hydrogens (tertiary/aromatic N) is 3. The smallest absolute Gasteiger partial charge is 0.186 e. The molecule has 4 nitrogen and oxygen atoms in total. The molecule has 2 aromatic heterocycles. The molecule has 0 spiro atoms. The highest BCUT2D eigenvalue weighted by Crippen LogP contribution is 2.29. The molecule has 0 aliphatic carbocycles. The summed E-state index contributed by atoms with van der Waals surface area (Å²) in [5.74, 6) is -0.227. The van der Waals surface area contributed by atoms with E-state index in [1.807, 2.05) is 18.1 Å². The van der Waals surface area contributed by atoms with Crippen LogP contribution in [0.25, 0.3) is 10.2 Å². The third-order valence-corrected chi connectivity index (χ3v) is 3.77. The molecule has 92 valence electrons. The molecule has 6 heteroatoms. The number of rotatable bonds is 3. The first-order valence-corrected chi connectivity index (χ1v) is 6.29. The van der Waals surface area contributed by atoms with Gasteiger partial charge in [-0.3, -0.25) is 5.10 Å². The maximum atomic E-state index is 13.1. The molecule has 0 fully saturated rings. The summed E-state index contributed by atoms with van der Waals surface area (Å²) in [5, 5.41) is 7.55. The molecule has 0 radical (unpaired) electrons. The highest BCUT2D eigenvalue weighted by molar-refractivity contribution is 7.22. The second-order valence-corrected chi connectivity index (χ2v) is 5.08. The number of aromatic nitrogens is 3. The van der Waals surface area contributed by atoms with Gasteiger partial charge in [0.2, 0.25) is 0 Å². The SMILES string of the molecule is CN(Cc1cn[nH]c1)c1nc2ccc(F)cc2s1. The van der Waals surface area contributed by atoms with Gasteiger partial charge in [-0.1, -0.05) is 11.3 Å². The number of aromatic amines is 1. The molecule has 0 unspecified atom stereocenters. The van der Waals surface area contributed by atoms with Crippen molar-refractivity contribution in [3.63, 3.8) is 0 Å². The van der Waals surface area contributed by atoms with Crippen molar-refractivity contribution in [3.05, 3.63) is 42.0 Å². The first-order valence-electron chi connectivity index (χ1n) is 5.47. The zero-order chi connectivity index (χ0) is 12.5. The molecule has 0 saturated heterocycles. The van der Waals surface area contributed by atoms with Crippen LogP contribution in [0.1, 0.15) is 5.56 Å². The second-order valence-electron chi connectivity index (χ2n) is 4.07. The lowest BCUT2D eigenvalue weighted by atomic mass is 10.3. The number of H-pyrrole nitrogens is 1. The van der Waals surface area contributed by atoms with Gasteiger partial charge in [-0.05, 0) is 18.2 Å². The molecule has 0 bridgehead atoms. The van der Waals surface area contributed by atoms with Crippen molar-refractivity contribution in [1.82, 2.24) is 15.2 Å². The molecular formula is C12H11FN4S. The van der Waals surface area contributed by atoms with Crippen LogP contribution in [0.15, 0.2) is 30.6 Å². The fourth-order valence-corrected chi connectivity index (χ4v) is 2.71. The average Bonchev–Trinajstić information content (AvgIpc) is 2.96. The number of nitrogens with one attached hydrogen (secondary N) is 1. The maximum Gasteiger partial charge on any atom is 0.186 e. The van der Waals surface area contributed by atoms with Crippen LogP contribution in [0.5, 0.6) is 0 Å². The number of benzene rings is 1. The first-order chi connectivity index (χ1) is 8.72. The fraction of sp³-hybridized carbons (Fsp3) is 0.167. The molecule has 3 rings (SSSR count). The number of thiazole rings is 1. The van der Waals surface area contributed by atoms with E-state index in [1.165, 1.54) is 23.5 Å². The molecule has 2 heterocycles. The van der Waals surface area contributed by atoms with Crippen LogP contribution in [-0.4, -0.2) is 22.2 Å². The highest BCUT2D eigenvalue weighted by atomic mass is 32.1. The summed E-state index contributed by atoms with van der Waals surface area (Å²) in [6.07, 6.45) is 3.63. The Kier molecular flexibility index (Phi) is 2.71. The summed E-state index contributed by atoms with van der Waals surface area (Å²) in [6.45, 7) is 0.721. The van der Waals surface area contributed by atoms with E-state index < -0.39 is 0 Å². The van der Waals surface area contributed by atoms with Crippen LogP contribution in [0.4, 0.5) is 9.52 Å². The van der Waals surface area contributed by atoms with Gasteiger partial charge in [0.15, 0.2) is 5.13 Å². The summed E-state index contributed by atoms with van der Waals surface area (Å²) >= 11 is 1.49. The van der Waals surface area contributed by atoms with Gasteiger partial charge in [-0.2, -0.15) is 5.10 Å². The zero-order valence-corrected chi connectivity index (χ0v) is 10.5. The third-order valence-electron chi connectivity index (χ3n) is 2.64. The molecule has 0 atom stereocenters. The lowest BCUT2D eigenvalue weighted by Crippen LogP contribution is -2.15. The first kappa shape index (κ1) is 11.2. The molecule has 3 aromatic rings. The van der Waals surface area contributed by atoms with Crippen molar-refractivity contribution in [2.24, 2.45) is 0 Å². The summed E-state index contributed by atoms with van der Waals surface area (Å²) in [6, 6.07) is 4.65. The van der Waals surface area contributed by atoms with E-state index in [2.05, 4.69) is 15.2 Å². The molecular weight excluding hydrogens is 251 g/mol. The Hall–Kier alpha value is -1.95. The van der Waals surface area contributed by atoms with Gasteiger partial charge in [-0.25, -0.2) is 9.37 Å². The fourth-order valence-electron chi connectivity index (χ4n) is 1.76. The van der Waals surface area contributed by atoms with Crippen LogP contribution in [0.2, 0.25) is 0 Å². The van der Waals surface area contributed by atoms with Crippen molar-refractivity contribution in [1.29, 1.82) is 0 Å². The van der Waals surface area contributed by atoms with E-state index in [0.29, 0.717) is 0 Å². The van der Waals surface area contributed by atoms with E-state index >= 15 is 0 Å². The zero-order valence-electron chi connectivity index (χ0n) is 9.72. The van der Waals surface area contributed by atoms with E-state index in [1.54, 1.807) is 12.3 Å². The van der Waals surface area contributed by atoms with E-state index in [0.717, 1.165) is 27.5 Å². The molecule has 0 amide bonds. The molecule has 0 aliphatic rings. The highest BCUT2D eigenvalue weighted by Gasteiger charge is 2.09. The number of hydrogen-bond donors (Lipinski definition) is 1. The Morgan fingerprint density at radius 1 is 1.44 bits per heavy atom. The minimum absolute atomic E-state index is 0.227. The van der Waals surface area contributed by atoms with Crippen LogP contribution in [0, 0.1) is 5.82 Å². The molecule has 0 aliphatic heterocycles. The summed E-state index contributed by atoms with van der Waals surface area (Å²) in [4.78, 5) is 6.50. The van der Waals surface area contributed by atoms with Crippen LogP contribution < -0.4 is 4.90 Å². The third kappa shape index (κ3) is 2.06. The number of anilines is 1. The summed E-state index contributed by atoms with van der Waals surface area (Å²) in [5.41, 5.74) is 1.92. The Bertz CT molecular complexity index is 662. The summed E-state index contributed by atoms with van der Waals surface area (Å²) < 4.78 is 14.0. The van der Waals surface area contributed by atoms with Crippen molar-refractivity contribution in [2.45, 2.75) is 6.54 Å². The average molecular weight is 262 g/mol. The van der Waals surface area contributed by atoms with Gasteiger partial charge in [0, 0.05) is 25.4 Å². The van der Waals surface area contributed by atoms with Gasteiger partial charge in [0.25, 0.3) is 0 Å². The number of fused-ring (bicyclic) bond motifs is 1. The predicted molar refractivity (Wildman–Crippen MR) is 70.3 cm³/mol. The minimum Gasteiger partial charge on any atom is -0.347 e. The van der Waals surface area contributed by atoms with Crippen molar-refractivity contribution >= 4 is 26.7 Å². The monoisotopic (exact) mass is 262 g/mol. The van der Waals surface area contributed by atoms with Crippen LogP contribution in [-0.2, 0) is 6.54 Å². The molecule has 18 heavy (non-hydrogen) atoms. The van der Waals surface area contributed by atoms with E-state index in [9.17, 15) is 4.39 Å². The Morgan fingerprint density at radius 3 is 3.11 bits per heavy atom. The largest absolute Gasteiger partial charge is 0.347 e. The second kappa shape index (κ2) is 4.38. The van der Waals surface area contributed by atoms with Crippen LogP contribution in [0.3, 0.4) is 0 Å². The maximum absolute atomic E-state index is 13.1. The lowest BCUT2D eigenvalue weighted by molar-refractivity contribution is 0.630. The molecule has 1 aromatic carbocycles.